The molecule has 5 nitrogen and oxygen atoms in total. The lowest BCUT2D eigenvalue weighted by Gasteiger charge is -2.14. The second kappa shape index (κ2) is 6.04. The Morgan fingerprint density at radius 2 is 1.48 bits per heavy atom. The second-order valence-electron chi connectivity index (χ2n) is 4.92. The van der Waals surface area contributed by atoms with Gasteiger partial charge in [-0.15, -0.1) is 0 Å². The fraction of sp³-hybridized carbons (Fsp3) is 0.167. The van der Waals surface area contributed by atoms with Gasteiger partial charge in [0.25, 0.3) is 0 Å². The van der Waals surface area contributed by atoms with E-state index in [1.807, 2.05) is 24.3 Å². The average molecular weight is 312 g/mol. The molecule has 5 heteroatoms. The Morgan fingerprint density at radius 3 is 2.09 bits per heavy atom. The Labute approximate surface area is 133 Å². The molecule has 1 heterocycles. The smallest absolute Gasteiger partial charge is 0.336 e. The van der Waals surface area contributed by atoms with Crippen LogP contribution in [0.5, 0.6) is 17.2 Å². The molecule has 0 atom stereocenters. The van der Waals surface area contributed by atoms with Crippen molar-refractivity contribution in [1.82, 2.24) is 0 Å². The maximum Gasteiger partial charge on any atom is 0.336 e. The largest absolute Gasteiger partial charge is 0.493 e. The topological polar surface area (TPSA) is 57.9 Å². The van der Waals surface area contributed by atoms with Crippen molar-refractivity contribution in [2.24, 2.45) is 0 Å². The summed E-state index contributed by atoms with van der Waals surface area (Å²) in [6.07, 6.45) is 0. The van der Waals surface area contributed by atoms with E-state index >= 15 is 0 Å². The molecule has 0 spiro atoms. The van der Waals surface area contributed by atoms with Crippen LogP contribution in [0.1, 0.15) is 0 Å². The summed E-state index contributed by atoms with van der Waals surface area (Å²) in [7, 11) is 4.73. The highest BCUT2D eigenvalue weighted by atomic mass is 16.5. The Hall–Kier alpha value is -2.95. The van der Waals surface area contributed by atoms with Crippen LogP contribution in [0.2, 0.25) is 0 Å². The maximum atomic E-state index is 11.3. The lowest BCUT2D eigenvalue weighted by Crippen LogP contribution is -1.96. The summed E-state index contributed by atoms with van der Waals surface area (Å²) >= 11 is 0. The van der Waals surface area contributed by atoms with Crippen LogP contribution in [0.3, 0.4) is 0 Å². The molecular formula is C18H16O5. The van der Waals surface area contributed by atoms with Gasteiger partial charge in [0, 0.05) is 11.5 Å². The van der Waals surface area contributed by atoms with Gasteiger partial charge in [-0.25, -0.2) is 4.79 Å². The molecule has 23 heavy (non-hydrogen) atoms. The minimum Gasteiger partial charge on any atom is -0.493 e. The molecule has 0 fully saturated rings. The molecule has 0 aliphatic carbocycles. The Balaban J connectivity index is 2.17. The van der Waals surface area contributed by atoms with Crippen LogP contribution in [0, 0.1) is 0 Å². The number of fused-ring (bicyclic) bond motifs is 1. The third-order valence-electron chi connectivity index (χ3n) is 3.62. The normalized spacial score (nSPS) is 10.6. The van der Waals surface area contributed by atoms with Gasteiger partial charge in [0.05, 0.1) is 21.3 Å². The lowest BCUT2D eigenvalue weighted by atomic mass is 10.0. The van der Waals surface area contributed by atoms with Gasteiger partial charge >= 0.3 is 5.63 Å². The monoisotopic (exact) mass is 312 g/mol. The van der Waals surface area contributed by atoms with Gasteiger partial charge in [0.15, 0.2) is 11.5 Å². The van der Waals surface area contributed by atoms with E-state index < -0.39 is 0 Å². The number of hydrogen-bond acceptors (Lipinski definition) is 5. The molecule has 0 saturated heterocycles. The summed E-state index contributed by atoms with van der Waals surface area (Å²) in [4.78, 5) is 11.3. The molecule has 0 N–H and O–H groups in total. The van der Waals surface area contributed by atoms with Crippen molar-refractivity contribution in [2.75, 3.05) is 21.3 Å². The standard InChI is InChI=1S/C18H16O5/c1-20-15-9-13(10-16(21-2)18(15)22-3)11-4-6-14-12(8-11)5-7-17(19)23-14/h4-10H,1-3H3. The zero-order valence-corrected chi connectivity index (χ0v) is 13.1. The van der Waals surface area contributed by atoms with Crippen LogP contribution in [0.25, 0.3) is 22.1 Å². The third-order valence-corrected chi connectivity index (χ3v) is 3.62. The van der Waals surface area contributed by atoms with E-state index in [2.05, 4.69) is 0 Å². The van der Waals surface area contributed by atoms with Crippen molar-refractivity contribution >= 4 is 11.0 Å². The van der Waals surface area contributed by atoms with E-state index in [9.17, 15) is 4.79 Å². The molecule has 1 aromatic heterocycles. The first-order chi connectivity index (χ1) is 11.2. The molecule has 0 aliphatic heterocycles. The Bertz CT molecular complexity index is 886. The SMILES string of the molecule is COc1cc(-c2ccc3oc(=O)ccc3c2)cc(OC)c1OC. The molecule has 0 unspecified atom stereocenters. The maximum absolute atomic E-state index is 11.3. The highest BCUT2D eigenvalue weighted by Gasteiger charge is 2.14. The minimum atomic E-state index is -0.363. The van der Waals surface area contributed by atoms with E-state index in [-0.39, 0.29) is 5.63 Å². The highest BCUT2D eigenvalue weighted by molar-refractivity contribution is 5.84. The summed E-state index contributed by atoms with van der Waals surface area (Å²) < 4.78 is 21.2. The van der Waals surface area contributed by atoms with Gasteiger partial charge in [-0.05, 0) is 41.5 Å². The fourth-order valence-corrected chi connectivity index (χ4v) is 2.50. The molecule has 0 aliphatic rings. The van der Waals surface area contributed by atoms with Crippen LogP contribution in [-0.4, -0.2) is 21.3 Å². The first kappa shape index (κ1) is 15.0. The van der Waals surface area contributed by atoms with Gasteiger partial charge < -0.3 is 18.6 Å². The van der Waals surface area contributed by atoms with Crippen molar-refractivity contribution < 1.29 is 18.6 Å². The van der Waals surface area contributed by atoms with Crippen molar-refractivity contribution in [3.8, 4) is 28.4 Å². The summed E-state index contributed by atoms with van der Waals surface area (Å²) in [5.41, 5.74) is 2.05. The van der Waals surface area contributed by atoms with Crippen LogP contribution >= 0.6 is 0 Å². The van der Waals surface area contributed by atoms with E-state index in [4.69, 9.17) is 18.6 Å². The lowest BCUT2D eigenvalue weighted by molar-refractivity contribution is 0.324. The zero-order chi connectivity index (χ0) is 16.4. The van der Waals surface area contributed by atoms with Crippen molar-refractivity contribution in [3.63, 3.8) is 0 Å². The molecular weight excluding hydrogens is 296 g/mol. The highest BCUT2D eigenvalue weighted by Crippen LogP contribution is 2.41. The molecule has 3 rings (SSSR count). The van der Waals surface area contributed by atoms with E-state index in [1.165, 1.54) is 6.07 Å². The van der Waals surface area contributed by atoms with Gasteiger partial charge in [-0.3, -0.25) is 0 Å². The summed E-state index contributed by atoms with van der Waals surface area (Å²) in [6.45, 7) is 0. The molecule has 2 aromatic carbocycles. The number of hydrogen-bond donors (Lipinski definition) is 0. The first-order valence-electron chi connectivity index (χ1n) is 7.00. The molecule has 3 aromatic rings. The van der Waals surface area contributed by atoms with E-state index in [0.717, 1.165) is 16.5 Å². The summed E-state index contributed by atoms with van der Waals surface area (Å²) in [6, 6.07) is 12.5. The van der Waals surface area contributed by atoms with Crippen molar-refractivity contribution in [3.05, 3.63) is 52.9 Å². The van der Waals surface area contributed by atoms with Gasteiger partial charge in [0.1, 0.15) is 5.58 Å². The zero-order valence-electron chi connectivity index (χ0n) is 13.1. The molecule has 118 valence electrons. The number of methoxy groups -OCH3 is 3. The van der Waals surface area contributed by atoms with Crippen LogP contribution in [0.4, 0.5) is 0 Å². The minimum absolute atomic E-state index is 0.363. The van der Waals surface area contributed by atoms with Crippen LogP contribution in [-0.2, 0) is 0 Å². The van der Waals surface area contributed by atoms with Crippen LogP contribution < -0.4 is 19.8 Å². The first-order valence-corrected chi connectivity index (χ1v) is 7.00. The van der Waals surface area contributed by atoms with Gasteiger partial charge in [0.2, 0.25) is 5.75 Å². The summed E-state index contributed by atoms with van der Waals surface area (Å²) in [5, 5.41) is 0.843. The fourth-order valence-electron chi connectivity index (χ4n) is 2.50. The third kappa shape index (κ3) is 2.73. The van der Waals surface area contributed by atoms with Gasteiger partial charge in [-0.2, -0.15) is 0 Å². The summed E-state index contributed by atoms with van der Waals surface area (Å²) in [5.74, 6) is 1.72. The van der Waals surface area contributed by atoms with E-state index in [0.29, 0.717) is 22.8 Å². The van der Waals surface area contributed by atoms with E-state index in [1.54, 1.807) is 33.5 Å². The van der Waals surface area contributed by atoms with Crippen molar-refractivity contribution in [1.29, 1.82) is 0 Å². The van der Waals surface area contributed by atoms with Gasteiger partial charge in [-0.1, -0.05) is 6.07 Å². The molecule has 0 radical (unpaired) electrons. The average Bonchev–Trinajstić information content (AvgIpc) is 2.59. The van der Waals surface area contributed by atoms with Crippen LogP contribution in [0.15, 0.2) is 51.7 Å². The molecule has 0 saturated carbocycles. The number of ether oxygens (including phenoxy) is 3. The Morgan fingerprint density at radius 1 is 0.783 bits per heavy atom. The predicted molar refractivity (Wildman–Crippen MR) is 87.6 cm³/mol. The quantitative estimate of drug-likeness (QED) is 0.690. The molecule has 0 amide bonds. The number of benzene rings is 2. The number of rotatable bonds is 4. The Kier molecular flexibility index (Phi) is 3.93. The molecule has 0 bridgehead atoms. The van der Waals surface area contributed by atoms with Crippen molar-refractivity contribution in [2.45, 2.75) is 0 Å². The second-order valence-corrected chi connectivity index (χ2v) is 4.92. The predicted octanol–water partition coefficient (Wildman–Crippen LogP) is 3.49.